The van der Waals surface area contributed by atoms with Gasteiger partial charge in [-0.25, -0.2) is 19.4 Å². The second kappa shape index (κ2) is 14.5. The molecule has 2 aromatic rings. The molecule has 202 valence electrons. The molecule has 2 amide bonds. The van der Waals surface area contributed by atoms with Crippen LogP contribution in [-0.2, 0) is 32.3 Å². The van der Waals surface area contributed by atoms with Crippen molar-refractivity contribution in [2.75, 3.05) is 19.7 Å². The summed E-state index contributed by atoms with van der Waals surface area (Å²) in [6.07, 6.45) is 2.77. The lowest BCUT2D eigenvalue weighted by molar-refractivity contribution is -0.144. The number of isocyanates is 1. The summed E-state index contributed by atoms with van der Waals surface area (Å²) in [5.74, 6) is -0.729. The summed E-state index contributed by atoms with van der Waals surface area (Å²) in [5, 5.41) is 11.8. The number of carboxylic acid groups (broad SMARTS) is 1. The van der Waals surface area contributed by atoms with Crippen LogP contribution in [0.4, 0.5) is 4.79 Å². The highest BCUT2D eigenvalue weighted by molar-refractivity contribution is 5.87. The van der Waals surface area contributed by atoms with Gasteiger partial charge in [0.1, 0.15) is 18.4 Å². The third kappa shape index (κ3) is 9.05. The Morgan fingerprint density at radius 1 is 1.21 bits per heavy atom. The fourth-order valence-corrected chi connectivity index (χ4v) is 4.31. The molecular weight excluding hydrogens is 490 g/mol. The van der Waals surface area contributed by atoms with Crippen LogP contribution in [0.25, 0.3) is 0 Å². The first-order chi connectivity index (χ1) is 18.4. The van der Waals surface area contributed by atoms with Crippen molar-refractivity contribution in [2.24, 2.45) is 10.9 Å². The fraction of sp³-hybridized carbons (Fsp3) is 0.429. The Hall–Kier alpha value is -4.17. The average Bonchev–Trinajstić information content (AvgIpc) is 2.92. The number of rotatable bonds is 12. The molecule has 38 heavy (non-hydrogen) atoms. The highest BCUT2D eigenvalue weighted by Gasteiger charge is 2.29. The van der Waals surface area contributed by atoms with E-state index >= 15 is 0 Å². The third-order valence-electron chi connectivity index (χ3n) is 6.48. The molecule has 2 aromatic carbocycles. The summed E-state index contributed by atoms with van der Waals surface area (Å²) >= 11 is 0. The number of likely N-dealkylation sites (tertiary alicyclic amines) is 1. The molecule has 2 atom stereocenters. The van der Waals surface area contributed by atoms with Crippen LogP contribution in [0, 0.1) is 12.8 Å². The molecule has 0 bridgehead atoms. The van der Waals surface area contributed by atoms with Crippen molar-refractivity contribution in [2.45, 2.75) is 51.8 Å². The number of aliphatic imine (C=N–C) groups is 1. The largest absolute Gasteiger partial charge is 0.494 e. The van der Waals surface area contributed by atoms with Crippen molar-refractivity contribution in [1.29, 1.82) is 0 Å². The Morgan fingerprint density at radius 3 is 2.74 bits per heavy atom. The standard InChI is InChI=1S/C28H33N3O7/c1-20-9-10-24(14-23(20)16-29-19-32)37-13-11-21-8-5-12-31(17-21)26(33)15-25(27(34)35)30-28(36)38-18-22-6-3-2-4-7-22/h2-4,6-7,9-10,14,21,25H,5,8,11-13,15-18H2,1H3,(H,30,36)(H,34,35)/t21?,25-/m0/s1. The van der Waals surface area contributed by atoms with Gasteiger partial charge in [0.05, 0.1) is 19.6 Å². The highest BCUT2D eigenvalue weighted by Crippen LogP contribution is 2.23. The lowest BCUT2D eigenvalue weighted by Gasteiger charge is -2.33. The Labute approximate surface area is 221 Å². The number of aliphatic carboxylic acids is 1. The maximum Gasteiger partial charge on any atom is 0.408 e. The van der Waals surface area contributed by atoms with E-state index in [4.69, 9.17) is 9.47 Å². The van der Waals surface area contributed by atoms with Crippen LogP contribution >= 0.6 is 0 Å². The van der Waals surface area contributed by atoms with Crippen LogP contribution in [0.1, 0.15) is 42.4 Å². The van der Waals surface area contributed by atoms with Gasteiger partial charge in [-0.3, -0.25) is 4.79 Å². The van der Waals surface area contributed by atoms with Crippen LogP contribution in [0.2, 0.25) is 0 Å². The van der Waals surface area contributed by atoms with Gasteiger partial charge in [-0.05, 0) is 60.9 Å². The molecule has 0 saturated carbocycles. The predicted octanol–water partition coefficient (Wildman–Crippen LogP) is 3.61. The number of aryl methyl sites for hydroxylation is 1. The molecule has 0 radical (unpaired) electrons. The van der Waals surface area contributed by atoms with Crippen LogP contribution in [0.3, 0.4) is 0 Å². The van der Waals surface area contributed by atoms with Crippen LogP contribution in [0.5, 0.6) is 5.75 Å². The van der Waals surface area contributed by atoms with E-state index in [0.29, 0.717) is 25.4 Å². The molecule has 10 heteroatoms. The van der Waals surface area contributed by atoms with Crippen molar-refractivity contribution in [1.82, 2.24) is 10.2 Å². The van der Waals surface area contributed by atoms with Gasteiger partial charge in [-0.1, -0.05) is 36.4 Å². The lowest BCUT2D eigenvalue weighted by Crippen LogP contribution is -2.47. The minimum atomic E-state index is -1.38. The minimum Gasteiger partial charge on any atom is -0.494 e. The molecule has 3 rings (SSSR count). The van der Waals surface area contributed by atoms with E-state index < -0.39 is 18.1 Å². The molecule has 0 aliphatic carbocycles. The third-order valence-corrected chi connectivity index (χ3v) is 6.48. The first-order valence-corrected chi connectivity index (χ1v) is 12.6. The zero-order valence-corrected chi connectivity index (χ0v) is 21.4. The Bertz CT molecular complexity index is 1150. The van der Waals surface area contributed by atoms with Crippen molar-refractivity contribution < 1.29 is 33.8 Å². The van der Waals surface area contributed by atoms with Gasteiger partial charge in [-0.2, -0.15) is 0 Å². The number of benzene rings is 2. The predicted molar refractivity (Wildman–Crippen MR) is 138 cm³/mol. The van der Waals surface area contributed by atoms with Crippen LogP contribution < -0.4 is 10.1 Å². The van der Waals surface area contributed by atoms with E-state index in [0.717, 1.165) is 36.0 Å². The van der Waals surface area contributed by atoms with Gasteiger partial charge >= 0.3 is 12.1 Å². The van der Waals surface area contributed by atoms with Gasteiger partial charge in [0.25, 0.3) is 0 Å². The quantitative estimate of drug-likeness (QED) is 0.321. The fourth-order valence-electron chi connectivity index (χ4n) is 4.31. The molecule has 1 fully saturated rings. The van der Waals surface area contributed by atoms with Crippen molar-refractivity contribution in [3.63, 3.8) is 0 Å². The minimum absolute atomic E-state index is 0.000578. The zero-order valence-electron chi connectivity index (χ0n) is 21.4. The monoisotopic (exact) mass is 523 g/mol. The van der Waals surface area contributed by atoms with Gasteiger partial charge < -0.3 is 24.8 Å². The van der Waals surface area contributed by atoms with E-state index in [9.17, 15) is 24.3 Å². The number of carbonyl (C=O) groups excluding carboxylic acids is 3. The van der Waals surface area contributed by atoms with Gasteiger partial charge in [-0.15, -0.1) is 0 Å². The van der Waals surface area contributed by atoms with Gasteiger partial charge in [0.2, 0.25) is 12.0 Å². The molecule has 10 nitrogen and oxygen atoms in total. The molecular formula is C28H33N3O7. The molecule has 0 spiro atoms. The Morgan fingerprint density at radius 2 is 2.00 bits per heavy atom. The number of piperidine rings is 1. The van der Waals surface area contributed by atoms with Crippen molar-refractivity contribution in [3.8, 4) is 5.75 Å². The number of carboxylic acids is 1. The number of hydrogen-bond donors (Lipinski definition) is 2. The summed E-state index contributed by atoms with van der Waals surface area (Å²) in [6, 6.07) is 13.3. The molecule has 1 unspecified atom stereocenters. The van der Waals surface area contributed by atoms with Crippen LogP contribution in [0.15, 0.2) is 53.5 Å². The van der Waals surface area contributed by atoms with Crippen molar-refractivity contribution in [3.05, 3.63) is 65.2 Å². The topological polar surface area (TPSA) is 135 Å². The lowest BCUT2D eigenvalue weighted by atomic mass is 9.94. The molecule has 1 aliphatic rings. The first-order valence-electron chi connectivity index (χ1n) is 12.6. The molecule has 2 N–H and O–H groups in total. The zero-order chi connectivity index (χ0) is 27.3. The van der Waals surface area contributed by atoms with E-state index in [1.54, 1.807) is 35.2 Å². The maximum atomic E-state index is 12.9. The number of carbonyl (C=O) groups is 3. The van der Waals surface area contributed by atoms with E-state index in [-0.39, 0.29) is 31.4 Å². The van der Waals surface area contributed by atoms with E-state index in [1.165, 1.54) is 0 Å². The maximum absolute atomic E-state index is 12.9. The van der Waals surface area contributed by atoms with Crippen LogP contribution in [-0.4, -0.2) is 59.8 Å². The summed E-state index contributed by atoms with van der Waals surface area (Å²) in [5.41, 5.74) is 2.67. The van der Waals surface area contributed by atoms with Gasteiger partial charge in [0.15, 0.2) is 0 Å². The second-order valence-electron chi connectivity index (χ2n) is 9.28. The average molecular weight is 524 g/mol. The highest BCUT2D eigenvalue weighted by atomic mass is 16.5. The van der Waals surface area contributed by atoms with Crippen molar-refractivity contribution >= 4 is 24.0 Å². The number of hydrogen-bond acceptors (Lipinski definition) is 7. The number of alkyl carbamates (subject to hydrolysis) is 1. The smallest absolute Gasteiger partial charge is 0.408 e. The van der Waals surface area contributed by atoms with E-state index in [2.05, 4.69) is 10.3 Å². The number of ether oxygens (including phenoxy) is 2. The second-order valence-corrected chi connectivity index (χ2v) is 9.28. The molecule has 0 aromatic heterocycles. The Kier molecular flexibility index (Phi) is 10.9. The number of nitrogens with one attached hydrogen (secondary N) is 1. The number of nitrogens with zero attached hydrogens (tertiary/aromatic N) is 2. The first kappa shape index (κ1) is 28.4. The van der Waals surface area contributed by atoms with E-state index in [1.807, 2.05) is 31.2 Å². The molecule has 1 saturated heterocycles. The summed E-state index contributed by atoms with van der Waals surface area (Å²) in [4.78, 5) is 52.4. The summed E-state index contributed by atoms with van der Waals surface area (Å²) in [6.45, 7) is 3.69. The number of amides is 2. The summed E-state index contributed by atoms with van der Waals surface area (Å²) < 4.78 is 11.0. The normalized spacial score (nSPS) is 15.6. The summed E-state index contributed by atoms with van der Waals surface area (Å²) in [7, 11) is 0. The molecule has 1 heterocycles. The Balaban J connectivity index is 1.45. The SMILES string of the molecule is Cc1ccc(OCCC2CCCN(C(=O)C[C@H](NC(=O)OCc3ccccc3)C(=O)O)C2)cc1CN=C=O. The van der Waals surface area contributed by atoms with Gasteiger partial charge in [0, 0.05) is 13.1 Å². The molecule has 1 aliphatic heterocycles.